The van der Waals surface area contributed by atoms with Crippen LogP contribution in [0.4, 0.5) is 0 Å². The van der Waals surface area contributed by atoms with Gasteiger partial charge < -0.3 is 11.1 Å². The number of nitrogens with one attached hydrogen (secondary N) is 1. The van der Waals surface area contributed by atoms with Crippen molar-refractivity contribution in [3.8, 4) is 0 Å². The smallest absolute Gasteiger partial charge is 0.220 e. The van der Waals surface area contributed by atoms with Crippen LogP contribution in [0.25, 0.3) is 0 Å². The normalized spacial score (nSPS) is 10.8. The molecule has 20 heavy (non-hydrogen) atoms. The molecule has 114 valence electrons. The number of hydrogen-bond donors (Lipinski definition) is 2. The fraction of sp³-hybridized carbons (Fsp3) is 0.533. The number of halogens is 2. The van der Waals surface area contributed by atoms with Crippen molar-refractivity contribution >= 4 is 29.9 Å². The average molecular weight is 319 g/mol. The summed E-state index contributed by atoms with van der Waals surface area (Å²) < 4.78 is 0. The molecule has 0 saturated heterocycles. The fourth-order valence-corrected chi connectivity index (χ4v) is 2.16. The Hall–Kier alpha value is -0.770. The van der Waals surface area contributed by atoms with Gasteiger partial charge in [0.15, 0.2) is 0 Å². The molecule has 3 nitrogen and oxygen atoms in total. The van der Waals surface area contributed by atoms with E-state index in [1.807, 2.05) is 24.3 Å². The van der Waals surface area contributed by atoms with Gasteiger partial charge in [-0.3, -0.25) is 4.79 Å². The molecule has 0 saturated carbocycles. The van der Waals surface area contributed by atoms with E-state index >= 15 is 0 Å². The Kier molecular flexibility index (Phi) is 8.86. The first-order valence-corrected chi connectivity index (χ1v) is 7.18. The number of nitrogens with two attached hydrogens (primary N) is 1. The lowest BCUT2D eigenvalue weighted by atomic mass is 9.92. The molecule has 0 radical (unpaired) electrons. The molecule has 1 aromatic carbocycles. The summed E-state index contributed by atoms with van der Waals surface area (Å²) in [7, 11) is 0. The van der Waals surface area contributed by atoms with Gasteiger partial charge in [0.05, 0.1) is 5.54 Å². The van der Waals surface area contributed by atoms with E-state index in [-0.39, 0.29) is 23.9 Å². The lowest BCUT2D eigenvalue weighted by Gasteiger charge is -2.31. The summed E-state index contributed by atoms with van der Waals surface area (Å²) in [6.07, 6.45) is 2.90. The molecule has 0 atom stereocenters. The Labute approximate surface area is 132 Å². The zero-order valence-electron chi connectivity index (χ0n) is 12.1. The molecule has 0 fully saturated rings. The number of hydrogen-bond acceptors (Lipinski definition) is 2. The first-order valence-electron chi connectivity index (χ1n) is 6.80. The minimum absolute atomic E-state index is 0. The maximum atomic E-state index is 12.0. The van der Waals surface area contributed by atoms with Crippen LogP contribution in [-0.2, 0) is 11.2 Å². The molecule has 0 bridgehead atoms. The van der Waals surface area contributed by atoms with Gasteiger partial charge in [-0.05, 0) is 37.0 Å². The van der Waals surface area contributed by atoms with Gasteiger partial charge in [0, 0.05) is 18.0 Å². The Bertz CT molecular complexity index is 395. The monoisotopic (exact) mass is 318 g/mol. The van der Waals surface area contributed by atoms with Crippen molar-refractivity contribution in [3.05, 3.63) is 34.9 Å². The number of carbonyl (C=O) groups is 1. The van der Waals surface area contributed by atoms with Gasteiger partial charge in [0.25, 0.3) is 0 Å². The maximum Gasteiger partial charge on any atom is 0.220 e. The summed E-state index contributed by atoms with van der Waals surface area (Å²) in [5.74, 6) is 0.0594. The Morgan fingerprint density at radius 2 is 1.80 bits per heavy atom. The van der Waals surface area contributed by atoms with Crippen molar-refractivity contribution in [2.24, 2.45) is 5.73 Å². The van der Waals surface area contributed by atoms with E-state index in [9.17, 15) is 4.79 Å². The van der Waals surface area contributed by atoms with Gasteiger partial charge in [-0.2, -0.15) is 0 Å². The number of aryl methyl sites for hydroxylation is 1. The summed E-state index contributed by atoms with van der Waals surface area (Å²) in [5, 5.41) is 3.79. The van der Waals surface area contributed by atoms with Crippen molar-refractivity contribution in [1.29, 1.82) is 0 Å². The fourth-order valence-electron chi connectivity index (χ4n) is 2.03. The zero-order valence-corrected chi connectivity index (χ0v) is 13.7. The largest absolute Gasteiger partial charge is 0.349 e. The number of rotatable bonds is 7. The van der Waals surface area contributed by atoms with Crippen LogP contribution >= 0.6 is 24.0 Å². The Morgan fingerprint density at radius 3 is 2.25 bits per heavy atom. The number of carbonyl (C=O) groups excluding carboxylic acids is 1. The summed E-state index contributed by atoms with van der Waals surface area (Å²) in [5.41, 5.74) is 6.64. The molecule has 1 amide bonds. The van der Waals surface area contributed by atoms with E-state index in [4.69, 9.17) is 17.3 Å². The van der Waals surface area contributed by atoms with Crippen LogP contribution in [0.5, 0.6) is 0 Å². The highest BCUT2D eigenvalue weighted by Gasteiger charge is 2.25. The second-order valence-corrected chi connectivity index (χ2v) is 5.30. The quantitative estimate of drug-likeness (QED) is 0.810. The lowest BCUT2D eigenvalue weighted by Crippen LogP contribution is -2.52. The highest BCUT2D eigenvalue weighted by Crippen LogP contribution is 2.14. The zero-order chi connectivity index (χ0) is 14.3. The third kappa shape index (κ3) is 5.70. The second kappa shape index (κ2) is 9.22. The SMILES string of the molecule is CCC(CC)(CN)NC(=O)CCc1ccc(Cl)cc1.Cl. The Morgan fingerprint density at radius 1 is 1.25 bits per heavy atom. The third-order valence-corrected chi connectivity index (χ3v) is 3.95. The molecule has 0 aliphatic heterocycles. The molecular formula is C15H24Cl2N2O. The molecule has 0 unspecified atom stereocenters. The summed E-state index contributed by atoms with van der Waals surface area (Å²) in [4.78, 5) is 12.0. The van der Waals surface area contributed by atoms with Gasteiger partial charge in [0.2, 0.25) is 5.91 Å². The predicted octanol–water partition coefficient (Wildman–Crippen LogP) is 3.33. The van der Waals surface area contributed by atoms with Crippen LogP contribution in [0.2, 0.25) is 5.02 Å². The van der Waals surface area contributed by atoms with E-state index in [1.54, 1.807) is 0 Å². The van der Waals surface area contributed by atoms with Gasteiger partial charge in [-0.25, -0.2) is 0 Å². The predicted molar refractivity (Wildman–Crippen MR) is 87.5 cm³/mol. The van der Waals surface area contributed by atoms with Crippen molar-refractivity contribution in [1.82, 2.24) is 5.32 Å². The van der Waals surface area contributed by atoms with Crippen LogP contribution in [0, 0.1) is 0 Å². The van der Waals surface area contributed by atoms with E-state index in [1.165, 1.54) is 0 Å². The molecule has 0 aliphatic carbocycles. The Balaban J connectivity index is 0.00000361. The first-order chi connectivity index (χ1) is 9.05. The highest BCUT2D eigenvalue weighted by molar-refractivity contribution is 6.30. The van der Waals surface area contributed by atoms with Crippen molar-refractivity contribution < 1.29 is 4.79 Å². The van der Waals surface area contributed by atoms with Crippen LogP contribution in [0.15, 0.2) is 24.3 Å². The molecule has 5 heteroatoms. The standard InChI is InChI=1S/C15H23ClN2O.ClH/c1-3-15(4-2,11-17)18-14(19)10-7-12-5-8-13(16)9-6-12;/h5-6,8-9H,3-4,7,10-11,17H2,1-2H3,(H,18,19);1H. The lowest BCUT2D eigenvalue weighted by molar-refractivity contribution is -0.123. The molecule has 3 N–H and O–H groups in total. The maximum absolute atomic E-state index is 12.0. The van der Waals surface area contributed by atoms with Gasteiger partial charge >= 0.3 is 0 Å². The van der Waals surface area contributed by atoms with Crippen LogP contribution in [0.1, 0.15) is 38.7 Å². The van der Waals surface area contributed by atoms with Gasteiger partial charge in [0.1, 0.15) is 0 Å². The molecule has 1 rings (SSSR count). The summed E-state index contributed by atoms with van der Waals surface area (Å²) in [6, 6.07) is 7.59. The van der Waals surface area contributed by atoms with E-state index < -0.39 is 0 Å². The molecule has 0 spiro atoms. The first kappa shape index (κ1) is 19.2. The van der Waals surface area contributed by atoms with E-state index in [0.29, 0.717) is 18.0 Å². The molecular weight excluding hydrogens is 295 g/mol. The van der Waals surface area contributed by atoms with Crippen molar-refractivity contribution in [2.45, 2.75) is 45.1 Å². The number of amides is 1. The van der Waals surface area contributed by atoms with Gasteiger partial charge in [-0.15, -0.1) is 12.4 Å². The number of benzene rings is 1. The highest BCUT2D eigenvalue weighted by atomic mass is 35.5. The van der Waals surface area contributed by atoms with Crippen LogP contribution in [0.3, 0.4) is 0 Å². The van der Waals surface area contributed by atoms with Crippen LogP contribution in [-0.4, -0.2) is 18.0 Å². The average Bonchev–Trinajstić information content (AvgIpc) is 2.44. The minimum Gasteiger partial charge on any atom is -0.349 e. The van der Waals surface area contributed by atoms with Crippen molar-refractivity contribution in [3.63, 3.8) is 0 Å². The summed E-state index contributed by atoms with van der Waals surface area (Å²) in [6.45, 7) is 4.58. The van der Waals surface area contributed by atoms with Crippen LogP contribution < -0.4 is 11.1 Å². The van der Waals surface area contributed by atoms with E-state index in [0.717, 1.165) is 24.8 Å². The topological polar surface area (TPSA) is 55.1 Å². The molecule has 0 heterocycles. The molecule has 0 aliphatic rings. The molecule has 1 aromatic rings. The second-order valence-electron chi connectivity index (χ2n) is 4.87. The van der Waals surface area contributed by atoms with Gasteiger partial charge in [-0.1, -0.05) is 37.6 Å². The minimum atomic E-state index is -0.253. The van der Waals surface area contributed by atoms with E-state index in [2.05, 4.69) is 19.2 Å². The van der Waals surface area contributed by atoms with Crippen molar-refractivity contribution in [2.75, 3.05) is 6.54 Å². The molecule has 0 aromatic heterocycles. The summed E-state index contributed by atoms with van der Waals surface area (Å²) >= 11 is 5.82. The third-order valence-electron chi connectivity index (χ3n) is 3.70.